The van der Waals surface area contributed by atoms with E-state index in [1.807, 2.05) is 0 Å². The SMILES string of the molecule is CC1(C)COC(=O)O[C@H]1C(=O)NCCC(=O)NCCSC(=O)CC(=O)CC(=O)CCC(=O)O. The molecular formula is C20H28N2O10S. The van der Waals surface area contributed by atoms with Gasteiger partial charge in [0.1, 0.15) is 18.2 Å². The third-order valence-corrected chi connectivity index (χ3v) is 5.29. The zero-order chi connectivity index (χ0) is 25.0. The van der Waals surface area contributed by atoms with Gasteiger partial charge in [0.2, 0.25) is 5.91 Å². The molecule has 0 radical (unpaired) electrons. The Kier molecular flexibility index (Phi) is 11.5. The average molecular weight is 489 g/mol. The number of carbonyl (C=O) groups excluding carboxylic acids is 6. The molecule has 0 aromatic carbocycles. The number of hydrogen-bond acceptors (Lipinski definition) is 10. The Morgan fingerprint density at radius 1 is 1.00 bits per heavy atom. The van der Waals surface area contributed by atoms with Gasteiger partial charge in [-0.1, -0.05) is 25.6 Å². The molecule has 1 aliphatic heterocycles. The van der Waals surface area contributed by atoms with Crippen LogP contribution >= 0.6 is 11.8 Å². The molecule has 1 atom stereocenters. The van der Waals surface area contributed by atoms with Gasteiger partial charge in [-0.15, -0.1) is 0 Å². The van der Waals surface area contributed by atoms with Gasteiger partial charge in [-0.25, -0.2) is 4.79 Å². The van der Waals surface area contributed by atoms with Crippen molar-refractivity contribution in [2.75, 3.05) is 25.4 Å². The molecule has 3 N–H and O–H groups in total. The van der Waals surface area contributed by atoms with Crippen LogP contribution in [-0.4, -0.2) is 77.3 Å². The average Bonchev–Trinajstić information content (AvgIpc) is 2.71. The van der Waals surface area contributed by atoms with Gasteiger partial charge < -0.3 is 25.2 Å². The number of amides is 2. The molecule has 0 saturated carbocycles. The van der Waals surface area contributed by atoms with E-state index in [4.69, 9.17) is 14.6 Å². The van der Waals surface area contributed by atoms with Crippen molar-refractivity contribution in [2.24, 2.45) is 5.41 Å². The van der Waals surface area contributed by atoms with Gasteiger partial charge in [0.25, 0.3) is 5.91 Å². The Morgan fingerprint density at radius 2 is 1.70 bits per heavy atom. The van der Waals surface area contributed by atoms with E-state index in [1.165, 1.54) is 0 Å². The number of carboxylic acid groups (broad SMARTS) is 1. The first kappa shape index (κ1) is 28.1. The summed E-state index contributed by atoms with van der Waals surface area (Å²) in [7, 11) is 0. The van der Waals surface area contributed by atoms with Crippen molar-refractivity contribution in [3.8, 4) is 0 Å². The van der Waals surface area contributed by atoms with Crippen molar-refractivity contribution in [1.29, 1.82) is 0 Å². The molecule has 0 bridgehead atoms. The molecule has 0 aromatic rings. The number of carbonyl (C=O) groups is 7. The van der Waals surface area contributed by atoms with E-state index in [9.17, 15) is 33.6 Å². The molecule has 1 rings (SSSR count). The molecule has 1 fully saturated rings. The van der Waals surface area contributed by atoms with E-state index < -0.39 is 59.1 Å². The van der Waals surface area contributed by atoms with E-state index in [2.05, 4.69) is 10.6 Å². The monoisotopic (exact) mass is 488 g/mol. The molecule has 184 valence electrons. The summed E-state index contributed by atoms with van der Waals surface area (Å²) in [5, 5.41) is 13.1. The third kappa shape index (κ3) is 11.5. The van der Waals surface area contributed by atoms with E-state index in [1.54, 1.807) is 13.8 Å². The van der Waals surface area contributed by atoms with Gasteiger partial charge in [-0.05, 0) is 0 Å². The zero-order valence-corrected chi connectivity index (χ0v) is 19.3. The Labute approximate surface area is 194 Å². The number of ether oxygens (including phenoxy) is 2. The summed E-state index contributed by atoms with van der Waals surface area (Å²) in [6, 6.07) is 0. The predicted molar refractivity (Wildman–Crippen MR) is 114 cm³/mol. The van der Waals surface area contributed by atoms with Crippen molar-refractivity contribution in [3.63, 3.8) is 0 Å². The lowest BCUT2D eigenvalue weighted by molar-refractivity contribution is -0.149. The van der Waals surface area contributed by atoms with Crippen molar-refractivity contribution in [1.82, 2.24) is 10.6 Å². The number of carboxylic acids is 1. The fraction of sp³-hybridized carbons (Fsp3) is 0.650. The third-order valence-electron chi connectivity index (χ3n) is 4.42. The normalized spacial score (nSPS) is 16.7. The minimum Gasteiger partial charge on any atom is -0.481 e. The van der Waals surface area contributed by atoms with Crippen LogP contribution in [0.2, 0.25) is 0 Å². The first-order valence-corrected chi connectivity index (χ1v) is 11.2. The summed E-state index contributed by atoms with van der Waals surface area (Å²) in [5.41, 5.74) is -0.711. The fourth-order valence-corrected chi connectivity index (χ4v) is 3.38. The quantitative estimate of drug-likeness (QED) is 0.173. The largest absolute Gasteiger partial charge is 0.509 e. The number of ketones is 2. The summed E-state index contributed by atoms with van der Waals surface area (Å²) >= 11 is 0.830. The molecule has 12 nitrogen and oxygen atoms in total. The maximum atomic E-state index is 12.2. The fourth-order valence-electron chi connectivity index (χ4n) is 2.68. The Morgan fingerprint density at radius 3 is 2.36 bits per heavy atom. The number of Topliss-reactive ketones (excluding diaryl/α,β-unsaturated/α-hetero) is 2. The van der Waals surface area contributed by atoms with Crippen LogP contribution in [-0.2, 0) is 38.2 Å². The second kappa shape index (κ2) is 13.6. The second-order valence-corrected chi connectivity index (χ2v) is 9.11. The van der Waals surface area contributed by atoms with Crippen LogP contribution in [0.1, 0.15) is 46.0 Å². The number of rotatable bonds is 14. The highest BCUT2D eigenvalue weighted by molar-refractivity contribution is 8.13. The van der Waals surface area contributed by atoms with E-state index >= 15 is 0 Å². The maximum absolute atomic E-state index is 12.2. The van der Waals surface area contributed by atoms with Crippen LogP contribution in [0, 0.1) is 5.41 Å². The van der Waals surface area contributed by atoms with Gasteiger partial charge in [-0.3, -0.25) is 28.8 Å². The molecule has 0 unspecified atom stereocenters. The Hall–Kier alpha value is -2.96. The van der Waals surface area contributed by atoms with E-state index in [-0.39, 0.29) is 50.6 Å². The molecule has 2 amide bonds. The van der Waals surface area contributed by atoms with Gasteiger partial charge >= 0.3 is 12.1 Å². The minimum atomic E-state index is -1.14. The van der Waals surface area contributed by atoms with Crippen LogP contribution in [0.5, 0.6) is 0 Å². The first-order valence-electron chi connectivity index (χ1n) is 10.2. The van der Waals surface area contributed by atoms with Gasteiger partial charge in [0, 0.05) is 37.1 Å². The van der Waals surface area contributed by atoms with Crippen LogP contribution in [0.25, 0.3) is 0 Å². The topological polar surface area (TPSA) is 182 Å². The van der Waals surface area contributed by atoms with Gasteiger partial charge in [0.15, 0.2) is 11.2 Å². The summed E-state index contributed by atoms with van der Waals surface area (Å²) in [6.45, 7) is 3.62. The number of thioether (sulfide) groups is 1. The Bertz CT molecular complexity index is 796. The van der Waals surface area contributed by atoms with Crippen LogP contribution in [0.15, 0.2) is 0 Å². The minimum absolute atomic E-state index is 0.0200. The molecule has 0 spiro atoms. The molecule has 0 aromatic heterocycles. The zero-order valence-electron chi connectivity index (χ0n) is 18.5. The van der Waals surface area contributed by atoms with Crippen LogP contribution in [0.4, 0.5) is 4.79 Å². The van der Waals surface area contributed by atoms with E-state index in [0.29, 0.717) is 0 Å². The van der Waals surface area contributed by atoms with Crippen molar-refractivity contribution in [2.45, 2.75) is 52.1 Å². The van der Waals surface area contributed by atoms with Crippen molar-refractivity contribution < 1.29 is 48.1 Å². The van der Waals surface area contributed by atoms with Crippen LogP contribution < -0.4 is 10.6 Å². The van der Waals surface area contributed by atoms with Gasteiger partial charge in [-0.2, -0.15) is 0 Å². The molecule has 13 heteroatoms. The molecule has 1 saturated heterocycles. The molecular weight excluding hydrogens is 460 g/mol. The smallest absolute Gasteiger partial charge is 0.481 e. The highest BCUT2D eigenvalue weighted by atomic mass is 32.2. The Balaban J connectivity index is 2.17. The lowest BCUT2D eigenvalue weighted by Gasteiger charge is -2.35. The van der Waals surface area contributed by atoms with Crippen molar-refractivity contribution in [3.05, 3.63) is 0 Å². The maximum Gasteiger partial charge on any atom is 0.509 e. The second-order valence-electron chi connectivity index (χ2n) is 7.96. The molecule has 1 heterocycles. The van der Waals surface area contributed by atoms with Gasteiger partial charge in [0.05, 0.1) is 19.3 Å². The number of nitrogens with one attached hydrogen (secondary N) is 2. The van der Waals surface area contributed by atoms with Crippen LogP contribution in [0.3, 0.4) is 0 Å². The number of cyclic esters (lactones) is 2. The summed E-state index contributed by atoms with van der Waals surface area (Å²) in [6.07, 6.45) is -3.53. The summed E-state index contributed by atoms with van der Waals surface area (Å²) in [4.78, 5) is 80.5. The van der Waals surface area contributed by atoms with Crippen molar-refractivity contribution >= 4 is 52.4 Å². The predicted octanol–water partition coefficient (Wildman–Crippen LogP) is 0.214. The molecule has 33 heavy (non-hydrogen) atoms. The highest BCUT2D eigenvalue weighted by Gasteiger charge is 2.43. The summed E-state index contributed by atoms with van der Waals surface area (Å²) in [5.74, 6) is -2.94. The lowest BCUT2D eigenvalue weighted by atomic mass is 9.86. The van der Waals surface area contributed by atoms with E-state index in [0.717, 1.165) is 11.8 Å². The molecule has 0 aliphatic carbocycles. The first-order chi connectivity index (χ1) is 15.4. The summed E-state index contributed by atoms with van der Waals surface area (Å²) < 4.78 is 9.68. The standard InChI is InChI=1S/C20H28N2O10S/c1-20(2)11-31-19(30)32-17(20)18(29)22-6-5-14(25)21-7-8-33-16(28)10-13(24)9-12(23)3-4-15(26)27/h17H,3-11H2,1-2H3,(H,21,25)(H,22,29)(H,26,27)/t17-/m0/s1. The number of hydrogen-bond donors (Lipinski definition) is 3. The molecule has 1 aliphatic rings. The highest BCUT2D eigenvalue weighted by Crippen LogP contribution is 2.28. The lowest BCUT2D eigenvalue weighted by Crippen LogP contribution is -2.52. The number of aliphatic carboxylic acids is 1.